The van der Waals surface area contributed by atoms with E-state index < -0.39 is 102 Å². The van der Waals surface area contributed by atoms with E-state index in [1.54, 1.807) is 0 Å². The minimum atomic E-state index is -5.79. The molecule has 7 unspecified atom stereocenters. The van der Waals surface area contributed by atoms with Crippen molar-refractivity contribution in [2.75, 3.05) is 36.9 Å². The molecule has 0 bridgehead atoms. The van der Waals surface area contributed by atoms with Gasteiger partial charge in [-0.15, -0.1) is 0 Å². The number of anilines is 1. The molecule has 32 heteroatoms. The van der Waals surface area contributed by atoms with Gasteiger partial charge in [-0.05, 0) is 19.8 Å². The second-order valence-electron chi connectivity index (χ2n) is 13.2. The molecule has 27 nitrogen and oxygen atoms in total. The van der Waals surface area contributed by atoms with Crippen LogP contribution in [0.3, 0.4) is 0 Å². The number of carboxylic acids is 1. The fourth-order valence-electron chi connectivity index (χ4n) is 5.06. The van der Waals surface area contributed by atoms with Crippen LogP contribution in [0.4, 0.5) is 5.82 Å². The van der Waals surface area contributed by atoms with Crippen molar-refractivity contribution in [3.05, 3.63) is 22.2 Å². The van der Waals surface area contributed by atoms with Crippen LogP contribution < -0.4 is 32.7 Å². The van der Waals surface area contributed by atoms with Gasteiger partial charge < -0.3 is 61.5 Å². The van der Waals surface area contributed by atoms with Gasteiger partial charge in [0, 0.05) is 50.4 Å². The smallest absolute Gasteiger partial charge is 0.481 e. The number of carbonyl (C=O) groups is 6. The van der Waals surface area contributed by atoms with E-state index in [0.29, 0.717) is 25.0 Å². The largest absolute Gasteiger partial charge is 0.490 e. The summed E-state index contributed by atoms with van der Waals surface area (Å²) in [5.41, 5.74) is 4.90. The minimum absolute atomic E-state index is 0.0175. The second-order valence-corrected chi connectivity index (χ2v) is 20.2. The van der Waals surface area contributed by atoms with Crippen LogP contribution in [0.1, 0.15) is 70.6 Å². The van der Waals surface area contributed by atoms with Crippen LogP contribution in [0.25, 0.3) is 0 Å². The summed E-state index contributed by atoms with van der Waals surface area (Å²) < 4.78 is 52.5. The van der Waals surface area contributed by atoms with Crippen LogP contribution in [0.5, 0.6) is 0 Å². The number of amides is 4. The number of Topliss-reactive ketones (excluding diaryl/α,β-unsaturated/α-hetero) is 1. The summed E-state index contributed by atoms with van der Waals surface area (Å²) in [7, 11) is -14.4. The molecule has 0 saturated carbocycles. The van der Waals surface area contributed by atoms with E-state index >= 15 is 0 Å². The zero-order valence-corrected chi connectivity index (χ0v) is 37.8. The normalized spacial score (nSPS) is 18.9. The average Bonchev–Trinajstić information content (AvgIpc) is 3.51. The molecule has 2 heterocycles. The molecule has 1 fully saturated rings. The monoisotopic (exact) mass is 995 g/mol. The molecule has 0 radical (unpaired) electrons. The number of hydrogen-bond acceptors (Lipinski definition) is 19. The number of aliphatic carboxylic acids is 1. The van der Waals surface area contributed by atoms with Crippen molar-refractivity contribution >= 4 is 86.3 Å². The highest BCUT2D eigenvalue weighted by molar-refractivity contribution is 8.76. The quantitative estimate of drug-likeness (QED) is 0.0213. The summed E-state index contributed by atoms with van der Waals surface area (Å²) in [6.45, 7) is 1.59. The number of nitrogens with two attached hydrogens (primary N) is 1. The van der Waals surface area contributed by atoms with Gasteiger partial charge in [-0.3, -0.25) is 37.9 Å². The van der Waals surface area contributed by atoms with E-state index in [1.165, 1.54) is 35.4 Å². The zero-order chi connectivity index (χ0) is 47.5. The second kappa shape index (κ2) is 26.3. The number of aromatic nitrogens is 2. The van der Waals surface area contributed by atoms with E-state index in [-0.39, 0.29) is 55.4 Å². The van der Waals surface area contributed by atoms with Crippen molar-refractivity contribution in [1.29, 1.82) is 0 Å². The number of nitrogens with zero attached hydrogens (tertiary/aromatic N) is 2. The summed E-state index contributed by atoms with van der Waals surface area (Å²) in [4.78, 5) is 124. The summed E-state index contributed by atoms with van der Waals surface area (Å²) in [5, 5.41) is 29.5. The predicted molar refractivity (Wildman–Crippen MR) is 221 cm³/mol. The number of nitrogens with one attached hydrogen (secondary N) is 4. The average molecular weight is 996 g/mol. The lowest BCUT2D eigenvalue weighted by atomic mass is 10.1. The van der Waals surface area contributed by atoms with Crippen molar-refractivity contribution in [2.24, 2.45) is 0 Å². The van der Waals surface area contributed by atoms with Crippen molar-refractivity contribution in [2.45, 2.75) is 89.3 Å². The molecular weight excluding hydrogens is 947 g/mol. The summed E-state index contributed by atoms with van der Waals surface area (Å²) in [6.07, 6.45) is -2.17. The molecular formula is C31H48N7O20P3S2. The lowest BCUT2D eigenvalue weighted by Crippen LogP contribution is -2.47. The molecule has 0 aromatic carbocycles. The van der Waals surface area contributed by atoms with E-state index in [2.05, 4.69) is 51.2 Å². The Morgan fingerprint density at radius 3 is 2.30 bits per heavy atom. The predicted octanol–water partition coefficient (Wildman–Crippen LogP) is -1.21. The molecule has 7 atom stereocenters. The molecule has 1 aromatic rings. The number of ether oxygens (including phenoxy) is 1. The molecule has 2 rings (SSSR count). The van der Waals surface area contributed by atoms with E-state index in [9.17, 15) is 62.2 Å². The van der Waals surface area contributed by atoms with Gasteiger partial charge in [0.1, 0.15) is 24.2 Å². The van der Waals surface area contributed by atoms with Gasteiger partial charge in [0.05, 0.1) is 37.3 Å². The van der Waals surface area contributed by atoms with Crippen LogP contribution in [-0.4, -0.2) is 130 Å². The Morgan fingerprint density at radius 2 is 1.67 bits per heavy atom. The number of ketones is 1. The summed E-state index contributed by atoms with van der Waals surface area (Å²) >= 11 is 0. The number of hydrogen-bond donors (Lipinski definition) is 11. The zero-order valence-electron chi connectivity index (χ0n) is 33.5. The first kappa shape index (κ1) is 55.4. The molecule has 1 aliphatic rings. The van der Waals surface area contributed by atoms with Gasteiger partial charge in [-0.1, -0.05) is 39.8 Å². The van der Waals surface area contributed by atoms with Crippen LogP contribution in [0.15, 0.2) is 11.0 Å². The lowest BCUT2D eigenvalue weighted by Gasteiger charge is -2.19. The SMILES string of the molecule is CC(=O)NC(CSSCCC(=O)NCC#Cc1cn(C2CC(O)C(COP(=O)(O)OP(=O)(O)OP(=O)(O)O)O2)c(=O)nc1N)C(=O)NCCCCCC(=O)NC(CC(=O)O)C(C)=O. The first-order chi connectivity index (χ1) is 29.3. The maximum absolute atomic E-state index is 12.7. The number of carbonyl (C=O) groups excluding carboxylic acids is 5. The van der Waals surface area contributed by atoms with Crippen LogP contribution in [-0.2, 0) is 60.3 Å². The van der Waals surface area contributed by atoms with Gasteiger partial charge in [-0.25, -0.2) is 18.5 Å². The highest BCUT2D eigenvalue weighted by Gasteiger charge is 2.43. The molecule has 354 valence electrons. The van der Waals surface area contributed by atoms with Crippen molar-refractivity contribution in [3.63, 3.8) is 0 Å². The third-order valence-electron chi connectivity index (χ3n) is 7.92. The van der Waals surface area contributed by atoms with Crippen LogP contribution in [0.2, 0.25) is 0 Å². The Bertz CT molecular complexity index is 2080. The maximum atomic E-state index is 12.7. The summed E-state index contributed by atoms with van der Waals surface area (Å²) in [6, 6.07) is -1.97. The van der Waals surface area contributed by atoms with Crippen molar-refractivity contribution in [3.8, 4) is 11.8 Å². The van der Waals surface area contributed by atoms with E-state index in [4.69, 9.17) is 25.4 Å². The van der Waals surface area contributed by atoms with Crippen molar-refractivity contribution < 1.29 is 90.1 Å². The number of unbranched alkanes of at least 4 members (excludes halogenated alkanes) is 2. The first-order valence-electron chi connectivity index (χ1n) is 18.3. The molecule has 0 aliphatic carbocycles. The number of nitrogen functional groups attached to an aromatic ring is 1. The molecule has 63 heavy (non-hydrogen) atoms. The van der Waals surface area contributed by atoms with Gasteiger partial charge in [0.2, 0.25) is 23.6 Å². The minimum Gasteiger partial charge on any atom is -0.481 e. The number of phosphoric ester groups is 1. The van der Waals surface area contributed by atoms with Gasteiger partial charge in [-0.2, -0.15) is 13.6 Å². The number of rotatable bonds is 27. The Labute approximate surface area is 366 Å². The van der Waals surface area contributed by atoms with Gasteiger partial charge in [0.25, 0.3) is 0 Å². The molecule has 12 N–H and O–H groups in total. The third kappa shape index (κ3) is 22.7. The summed E-state index contributed by atoms with van der Waals surface area (Å²) in [5.74, 6) is 2.14. The van der Waals surface area contributed by atoms with E-state index in [1.807, 2.05) is 0 Å². The lowest BCUT2D eigenvalue weighted by molar-refractivity contribution is -0.140. The number of phosphoric acid groups is 3. The Hall–Kier alpha value is -3.71. The molecule has 1 aromatic heterocycles. The fraction of sp³-hybridized carbons (Fsp3) is 0.613. The molecule has 1 aliphatic heterocycles. The standard InChI is InChI=1S/C31H48N7O20P3S2/c1-18(39)21(13-28(44)45)36-26(43)8-4-3-5-10-34-30(46)22(35-19(2)40)17-63-62-12-9-25(42)33-11-6-7-20-15-38(31(47)37-29(20)32)27-14-23(41)24(56-27)16-55-60(51,52)58-61(53,54)57-59(48,49)50/h15,21-24,27,41H,3-5,8-14,16-17H2,1-2H3,(H,33,42)(H,34,46)(H,35,40)(H,36,43)(H,44,45)(H,51,52)(H,53,54)(H2,32,37,47)(H2,48,49,50). The van der Waals surface area contributed by atoms with Crippen LogP contribution >= 0.6 is 45.1 Å². The van der Waals surface area contributed by atoms with Crippen molar-refractivity contribution in [1.82, 2.24) is 30.8 Å². The molecule has 0 spiro atoms. The first-order valence-corrected chi connectivity index (χ1v) is 25.3. The fourth-order valence-corrected chi connectivity index (χ4v) is 10.2. The van der Waals surface area contributed by atoms with Gasteiger partial charge >= 0.3 is 35.1 Å². The van der Waals surface area contributed by atoms with E-state index in [0.717, 1.165) is 10.8 Å². The Morgan fingerprint density at radius 1 is 0.968 bits per heavy atom. The molecule has 4 amide bonds. The highest BCUT2D eigenvalue weighted by atomic mass is 33.1. The number of aliphatic hydroxyl groups excluding tert-OH is 1. The topological polar surface area (TPSA) is 421 Å². The number of aliphatic hydroxyl groups is 1. The van der Waals surface area contributed by atoms with Crippen LogP contribution in [0, 0.1) is 11.8 Å². The number of carboxylic acid groups (broad SMARTS) is 1. The highest BCUT2D eigenvalue weighted by Crippen LogP contribution is 2.66. The third-order valence-corrected chi connectivity index (χ3v) is 14.1. The molecule has 1 saturated heterocycles. The Balaban J connectivity index is 1.77. The van der Waals surface area contributed by atoms with Gasteiger partial charge in [0.15, 0.2) is 5.78 Å². The maximum Gasteiger partial charge on any atom is 0.490 e. The Kier molecular flexibility index (Phi) is 23.1.